The summed E-state index contributed by atoms with van der Waals surface area (Å²) in [5.74, 6) is -3.99. The van der Waals surface area contributed by atoms with E-state index in [9.17, 15) is 49.2 Å². The number of carbonyl (C=O) groups excluding carboxylic acids is 6. The van der Waals surface area contributed by atoms with Gasteiger partial charge in [0.25, 0.3) is 0 Å². The number of phenols is 1. The van der Waals surface area contributed by atoms with Crippen molar-refractivity contribution < 1.29 is 58.7 Å². The molecule has 61 heavy (non-hydrogen) atoms. The summed E-state index contributed by atoms with van der Waals surface area (Å²) >= 11 is 0. The maximum atomic E-state index is 14.5. The van der Waals surface area contributed by atoms with Gasteiger partial charge in [-0.25, -0.2) is 0 Å². The molecule has 4 bridgehead atoms. The smallest absolute Gasteiger partial charge is 0.248 e. The maximum absolute atomic E-state index is 14.5. The van der Waals surface area contributed by atoms with Crippen molar-refractivity contribution in [3.8, 4) is 22.6 Å². The van der Waals surface area contributed by atoms with Crippen molar-refractivity contribution in [2.75, 3.05) is 33.8 Å². The van der Waals surface area contributed by atoms with Crippen molar-refractivity contribution in [2.45, 2.75) is 114 Å². The Morgan fingerprint density at radius 3 is 2.39 bits per heavy atom. The molecule has 1 unspecified atom stereocenters. The number of aromatic hydroxyl groups is 1. The van der Waals surface area contributed by atoms with E-state index in [0.29, 0.717) is 31.5 Å². The van der Waals surface area contributed by atoms with Gasteiger partial charge < -0.3 is 72.9 Å². The molecule has 2 aliphatic heterocycles. The highest BCUT2D eigenvalue weighted by Crippen LogP contribution is 2.40. The fraction of sp³-hybridized carbons (Fsp3) is 0.561. The quantitative estimate of drug-likeness (QED) is 0.0783. The molecule has 10 atom stereocenters. The number of nitrogens with one attached hydrogen (secondary N) is 5. The summed E-state index contributed by atoms with van der Waals surface area (Å²) in [6, 6.07) is 1.38. The number of likely N-dealkylation sites (N-methyl/N-ethyl adjacent to an activating group) is 1. The molecule has 2 aromatic carbocycles. The van der Waals surface area contributed by atoms with E-state index < -0.39 is 97.0 Å². The standard InChI is InChI=1S/C41H60N8O12/c1-20(22(3)51)45-38(57)28-17-23-9-11-29(52)25(16-23)26-18-24(10-12-30(26)60-41-33(43)36(55)35(54)31(19-50)61-41)34(39(58)46-21(2)37(56)48-28)49(5)40(59)27(8-6-7-14-42)47-32(53)13-15-44-4/h9-12,16,18,20-21,27-28,31,33-36,41,44,50,52,54-55H,6-8,13-15,17,19,42-43H2,1-5H3,(H,45,57)(H,46,58)(H,47,53)(H,48,56)/t20-,21-,27-,28-,31+,33+,34-,35+,36+,41?/m0/s1. The van der Waals surface area contributed by atoms with Crippen LogP contribution in [0, 0.1) is 0 Å². The van der Waals surface area contributed by atoms with E-state index >= 15 is 0 Å². The van der Waals surface area contributed by atoms with Crippen LogP contribution in [-0.2, 0) is 39.9 Å². The predicted octanol–water partition coefficient (Wildman–Crippen LogP) is -2.43. The van der Waals surface area contributed by atoms with Gasteiger partial charge in [-0.15, -0.1) is 0 Å². The third-order valence-corrected chi connectivity index (χ3v) is 10.8. The average molecular weight is 857 g/mol. The van der Waals surface area contributed by atoms with E-state index in [1.165, 1.54) is 64.2 Å². The highest BCUT2D eigenvalue weighted by molar-refractivity contribution is 5.97. The minimum absolute atomic E-state index is 0.0140. The van der Waals surface area contributed by atoms with Gasteiger partial charge in [-0.3, -0.25) is 28.8 Å². The Morgan fingerprint density at radius 2 is 1.74 bits per heavy atom. The Bertz CT molecular complexity index is 1900. The molecule has 20 nitrogen and oxygen atoms in total. The fourth-order valence-corrected chi connectivity index (χ4v) is 6.99. The summed E-state index contributed by atoms with van der Waals surface area (Å²) in [5, 5.41) is 55.9. The predicted molar refractivity (Wildman–Crippen MR) is 220 cm³/mol. The van der Waals surface area contributed by atoms with E-state index in [0.717, 1.165) is 4.90 Å². The molecule has 13 N–H and O–H groups in total. The minimum Gasteiger partial charge on any atom is -0.507 e. The van der Waals surface area contributed by atoms with E-state index in [-0.39, 0.29) is 53.2 Å². The molecular weight excluding hydrogens is 796 g/mol. The monoisotopic (exact) mass is 856 g/mol. The van der Waals surface area contributed by atoms with Crippen LogP contribution in [0.2, 0.25) is 0 Å². The van der Waals surface area contributed by atoms with Crippen LogP contribution in [0.15, 0.2) is 36.4 Å². The number of Topliss-reactive ketones (excluding diaryl/α,β-unsaturated/α-hetero) is 1. The maximum Gasteiger partial charge on any atom is 0.248 e. The zero-order valence-electron chi connectivity index (χ0n) is 35.1. The van der Waals surface area contributed by atoms with Gasteiger partial charge in [0.05, 0.1) is 18.7 Å². The summed E-state index contributed by atoms with van der Waals surface area (Å²) in [6.45, 7) is 4.18. The van der Waals surface area contributed by atoms with Crippen LogP contribution in [0.25, 0.3) is 11.1 Å². The molecular formula is C41H60N8O12. The number of carbonyl (C=O) groups is 6. The van der Waals surface area contributed by atoms with Crippen LogP contribution in [0.3, 0.4) is 0 Å². The van der Waals surface area contributed by atoms with Crippen molar-refractivity contribution in [1.82, 2.24) is 31.5 Å². The second kappa shape index (κ2) is 22.0. The number of hydrogen-bond acceptors (Lipinski definition) is 15. The van der Waals surface area contributed by atoms with Crippen molar-refractivity contribution in [1.29, 1.82) is 0 Å². The Morgan fingerprint density at radius 1 is 1.02 bits per heavy atom. The van der Waals surface area contributed by atoms with Crippen molar-refractivity contribution in [2.24, 2.45) is 11.5 Å². The molecule has 0 aromatic heterocycles. The van der Waals surface area contributed by atoms with Crippen molar-refractivity contribution >= 4 is 35.3 Å². The van der Waals surface area contributed by atoms with E-state index in [4.69, 9.17) is 20.9 Å². The summed E-state index contributed by atoms with van der Waals surface area (Å²) < 4.78 is 11.9. The Balaban J connectivity index is 1.91. The number of amides is 5. The number of nitrogens with zero attached hydrogens (tertiary/aromatic N) is 1. The first-order valence-electron chi connectivity index (χ1n) is 20.2. The third kappa shape index (κ3) is 12.2. The van der Waals surface area contributed by atoms with Crippen molar-refractivity contribution in [3.05, 3.63) is 47.5 Å². The van der Waals surface area contributed by atoms with E-state index in [1.54, 1.807) is 7.05 Å². The molecule has 0 spiro atoms. The van der Waals surface area contributed by atoms with Gasteiger partial charge in [-0.05, 0) is 89.0 Å². The Hall–Kier alpha value is -5.22. The van der Waals surface area contributed by atoms with Crippen LogP contribution in [0.5, 0.6) is 11.5 Å². The third-order valence-electron chi connectivity index (χ3n) is 10.8. The highest BCUT2D eigenvalue weighted by atomic mass is 16.7. The van der Waals surface area contributed by atoms with E-state index in [1.807, 2.05) is 0 Å². The molecule has 2 aliphatic rings. The number of phenolic OH excluding ortho intramolecular Hbond substituents is 1. The van der Waals surface area contributed by atoms with Crippen molar-refractivity contribution in [3.63, 3.8) is 0 Å². The number of ketones is 1. The molecule has 20 heteroatoms. The normalized spacial score (nSPS) is 25.1. The molecule has 1 fully saturated rings. The second-order valence-electron chi connectivity index (χ2n) is 15.5. The first-order valence-corrected chi connectivity index (χ1v) is 20.2. The molecule has 4 rings (SSSR count). The topological polar surface area (TPSA) is 317 Å². The second-order valence-corrected chi connectivity index (χ2v) is 15.5. The number of fused-ring (bicyclic) bond motifs is 5. The van der Waals surface area contributed by atoms with Gasteiger partial charge in [-0.1, -0.05) is 12.1 Å². The van der Waals surface area contributed by atoms with Gasteiger partial charge in [0.2, 0.25) is 35.8 Å². The SMILES string of the molecule is CNCCC(=O)N[C@@H](CCCCN)C(=O)N(C)[C@@H]1C(=O)N[C@@H](C)C(=O)N[C@H](C(=O)N[C@@H](C)C(C)=O)Cc2ccc(O)c(c2)-c2cc1ccc2OC1O[C@H](CO)[C@@H](O)[C@H](O)[C@H]1N. The molecule has 2 heterocycles. The summed E-state index contributed by atoms with van der Waals surface area (Å²) in [6.07, 6.45) is -4.69. The molecule has 5 amide bonds. The summed E-state index contributed by atoms with van der Waals surface area (Å²) in [7, 11) is 3.05. The lowest BCUT2D eigenvalue weighted by molar-refractivity contribution is -0.239. The van der Waals surface area contributed by atoms with Gasteiger partial charge in [0, 0.05) is 37.6 Å². The van der Waals surface area contributed by atoms with Gasteiger partial charge >= 0.3 is 0 Å². The number of nitrogens with two attached hydrogens (primary N) is 2. The molecule has 0 saturated carbocycles. The van der Waals surface area contributed by atoms with Crippen LogP contribution < -0.4 is 42.8 Å². The lowest BCUT2D eigenvalue weighted by Crippen LogP contribution is -2.63. The van der Waals surface area contributed by atoms with Gasteiger partial charge in [0.1, 0.15) is 54.0 Å². The first-order chi connectivity index (χ1) is 28.9. The lowest BCUT2D eigenvalue weighted by Gasteiger charge is -2.40. The zero-order valence-corrected chi connectivity index (χ0v) is 35.1. The Labute approximate surface area is 354 Å². The van der Waals surface area contributed by atoms with Gasteiger partial charge in [-0.2, -0.15) is 0 Å². The van der Waals surface area contributed by atoms with Crippen LogP contribution >= 0.6 is 0 Å². The molecule has 0 radical (unpaired) electrons. The lowest BCUT2D eigenvalue weighted by atomic mass is 9.93. The van der Waals surface area contributed by atoms with Gasteiger partial charge in [0.15, 0.2) is 5.78 Å². The number of aliphatic hydroxyl groups excluding tert-OH is 3. The van der Waals surface area contributed by atoms with Crippen LogP contribution in [-0.4, -0.2) is 149 Å². The number of unbranched alkanes of at least 4 members (excludes halogenated alkanes) is 1. The summed E-state index contributed by atoms with van der Waals surface area (Å²) in [5.41, 5.74) is 12.8. The molecule has 0 aliphatic carbocycles. The number of hydrogen-bond donors (Lipinski definition) is 11. The number of ether oxygens (including phenoxy) is 2. The molecule has 2 aromatic rings. The van der Waals surface area contributed by atoms with Crippen LogP contribution in [0.1, 0.15) is 63.6 Å². The van der Waals surface area contributed by atoms with E-state index in [2.05, 4.69) is 26.6 Å². The minimum atomic E-state index is -1.57. The number of rotatable bonds is 16. The first kappa shape index (κ1) is 48.4. The number of benzene rings is 2. The molecule has 336 valence electrons. The Kier molecular flexibility index (Phi) is 17.5. The zero-order chi connectivity index (χ0) is 45.1. The van der Waals surface area contributed by atoms with Crippen LogP contribution in [0.4, 0.5) is 0 Å². The number of aliphatic hydroxyl groups is 3. The average Bonchev–Trinajstić information content (AvgIpc) is 3.22. The fourth-order valence-electron chi connectivity index (χ4n) is 6.99. The highest BCUT2D eigenvalue weighted by Gasteiger charge is 2.44. The largest absolute Gasteiger partial charge is 0.507 e. The molecule has 1 saturated heterocycles. The summed E-state index contributed by atoms with van der Waals surface area (Å²) in [4.78, 5) is 82.3.